The van der Waals surface area contributed by atoms with Crippen molar-refractivity contribution in [3.63, 3.8) is 0 Å². The topological polar surface area (TPSA) is 90.5 Å². The number of nitrogens with zero attached hydrogens (tertiary/aromatic N) is 1. The van der Waals surface area contributed by atoms with Crippen LogP contribution in [-0.4, -0.2) is 54.0 Å². The number of piperidine rings is 2. The first-order valence-electron chi connectivity index (χ1n) is 7.68. The number of nitrogens with one attached hydrogen (secondary N) is 3. The van der Waals surface area contributed by atoms with Crippen LogP contribution < -0.4 is 16.0 Å². The Labute approximate surface area is 123 Å². The lowest BCUT2D eigenvalue weighted by atomic mass is 9.86. The number of hydrogen-bond acceptors (Lipinski definition) is 4. The molecule has 2 atom stereocenters. The molecule has 0 aromatic rings. The molecule has 7 heteroatoms. The fourth-order valence-electron chi connectivity index (χ4n) is 3.57. The minimum Gasteiger partial charge on any atom is -0.341 e. The molecule has 2 unspecified atom stereocenters. The number of carbonyl (C=O) groups is 3. The van der Waals surface area contributed by atoms with Gasteiger partial charge in [0.2, 0.25) is 5.91 Å². The van der Waals surface area contributed by atoms with Crippen LogP contribution >= 0.6 is 0 Å². The Morgan fingerprint density at radius 2 is 2.00 bits per heavy atom. The first-order valence-corrected chi connectivity index (χ1v) is 7.68. The number of amides is 4. The summed E-state index contributed by atoms with van der Waals surface area (Å²) >= 11 is 0. The summed E-state index contributed by atoms with van der Waals surface area (Å²) in [4.78, 5) is 37.6. The van der Waals surface area contributed by atoms with E-state index >= 15 is 0 Å². The maximum atomic E-state index is 12.6. The number of carbonyl (C=O) groups excluding carboxylic acids is 3. The van der Waals surface area contributed by atoms with Crippen molar-refractivity contribution in [3.05, 3.63) is 0 Å². The second-order valence-electron chi connectivity index (χ2n) is 6.37. The van der Waals surface area contributed by atoms with Crippen LogP contribution in [0.1, 0.15) is 32.6 Å². The van der Waals surface area contributed by atoms with Crippen molar-refractivity contribution in [2.24, 2.45) is 5.92 Å². The number of likely N-dealkylation sites (tertiary alicyclic amines) is 1. The SMILES string of the molecule is CC1CCCNC1C(=O)N1CCC2(CC1)NC(=O)NC2=O. The summed E-state index contributed by atoms with van der Waals surface area (Å²) < 4.78 is 0. The van der Waals surface area contributed by atoms with Crippen LogP contribution in [0, 0.1) is 5.92 Å². The summed E-state index contributed by atoms with van der Waals surface area (Å²) in [5.74, 6) is 0.210. The van der Waals surface area contributed by atoms with Crippen LogP contribution in [0.4, 0.5) is 4.79 Å². The molecule has 0 bridgehead atoms. The highest BCUT2D eigenvalue weighted by molar-refractivity contribution is 6.07. The van der Waals surface area contributed by atoms with Crippen molar-refractivity contribution in [2.45, 2.75) is 44.2 Å². The summed E-state index contributed by atoms with van der Waals surface area (Å²) in [5, 5.41) is 8.30. The molecule has 0 aromatic carbocycles. The largest absolute Gasteiger partial charge is 0.341 e. The first-order chi connectivity index (χ1) is 10.0. The molecule has 1 spiro atoms. The molecule has 3 saturated heterocycles. The van der Waals surface area contributed by atoms with Gasteiger partial charge in [0.05, 0.1) is 6.04 Å². The molecule has 3 fully saturated rings. The van der Waals surface area contributed by atoms with E-state index in [1.54, 1.807) is 0 Å². The van der Waals surface area contributed by atoms with Gasteiger partial charge in [-0.2, -0.15) is 0 Å². The van der Waals surface area contributed by atoms with Crippen molar-refractivity contribution < 1.29 is 14.4 Å². The number of imide groups is 1. The second-order valence-corrected chi connectivity index (χ2v) is 6.37. The predicted octanol–water partition coefficient (Wildman–Crippen LogP) is -0.425. The van der Waals surface area contributed by atoms with E-state index in [9.17, 15) is 14.4 Å². The highest BCUT2D eigenvalue weighted by atomic mass is 16.2. The molecule has 0 aromatic heterocycles. The zero-order valence-corrected chi connectivity index (χ0v) is 12.3. The highest BCUT2D eigenvalue weighted by Gasteiger charge is 2.48. The summed E-state index contributed by atoms with van der Waals surface area (Å²) in [7, 11) is 0. The van der Waals surface area contributed by atoms with Crippen LogP contribution in [0.15, 0.2) is 0 Å². The summed E-state index contributed by atoms with van der Waals surface area (Å²) in [6.45, 7) is 4.01. The first kappa shape index (κ1) is 14.3. The molecule has 4 amide bonds. The molecule has 3 heterocycles. The molecule has 3 aliphatic rings. The molecular formula is C14H22N4O3. The molecule has 116 valence electrons. The Balaban J connectivity index is 1.62. The minimum atomic E-state index is -0.806. The molecule has 0 radical (unpaired) electrons. The van der Waals surface area contributed by atoms with Crippen molar-refractivity contribution in [2.75, 3.05) is 19.6 Å². The van der Waals surface area contributed by atoms with E-state index in [2.05, 4.69) is 22.9 Å². The maximum Gasteiger partial charge on any atom is 0.322 e. The Morgan fingerprint density at radius 3 is 2.57 bits per heavy atom. The standard InChI is InChI=1S/C14H22N4O3/c1-9-3-2-6-15-10(9)11(19)18-7-4-14(5-8-18)12(20)16-13(21)17-14/h9-10,15H,2-8H2,1H3,(H2,16,17,20,21). The van der Waals surface area contributed by atoms with Gasteiger partial charge >= 0.3 is 6.03 Å². The molecule has 3 aliphatic heterocycles. The minimum absolute atomic E-state index is 0.111. The molecule has 0 aliphatic carbocycles. The quantitative estimate of drug-likeness (QED) is 0.573. The Kier molecular flexibility index (Phi) is 3.61. The van der Waals surface area contributed by atoms with Gasteiger partial charge in [-0.1, -0.05) is 6.92 Å². The second kappa shape index (κ2) is 5.29. The zero-order chi connectivity index (χ0) is 15.0. The third kappa shape index (κ3) is 2.50. The average Bonchev–Trinajstić information content (AvgIpc) is 2.74. The molecular weight excluding hydrogens is 272 g/mol. The van der Waals surface area contributed by atoms with E-state index in [0.29, 0.717) is 31.8 Å². The maximum absolute atomic E-state index is 12.6. The van der Waals surface area contributed by atoms with Crippen LogP contribution in [0.3, 0.4) is 0 Å². The van der Waals surface area contributed by atoms with Crippen LogP contribution in [0.2, 0.25) is 0 Å². The van der Waals surface area contributed by atoms with Crippen LogP contribution in [-0.2, 0) is 9.59 Å². The Bertz CT molecular complexity index is 471. The Hall–Kier alpha value is -1.63. The predicted molar refractivity (Wildman–Crippen MR) is 75.4 cm³/mol. The van der Waals surface area contributed by atoms with E-state index in [-0.39, 0.29) is 17.9 Å². The van der Waals surface area contributed by atoms with Gasteiger partial charge in [0.25, 0.3) is 5.91 Å². The van der Waals surface area contributed by atoms with Crippen LogP contribution in [0.25, 0.3) is 0 Å². The third-order valence-corrected chi connectivity index (χ3v) is 4.98. The fourth-order valence-corrected chi connectivity index (χ4v) is 3.57. The zero-order valence-electron chi connectivity index (χ0n) is 12.3. The van der Waals surface area contributed by atoms with Gasteiger partial charge in [-0.15, -0.1) is 0 Å². The van der Waals surface area contributed by atoms with Gasteiger partial charge in [-0.25, -0.2) is 4.79 Å². The highest BCUT2D eigenvalue weighted by Crippen LogP contribution is 2.27. The van der Waals surface area contributed by atoms with Gasteiger partial charge in [-0.3, -0.25) is 14.9 Å². The molecule has 21 heavy (non-hydrogen) atoms. The number of rotatable bonds is 1. The van der Waals surface area contributed by atoms with Gasteiger partial charge in [0, 0.05) is 13.1 Å². The van der Waals surface area contributed by atoms with E-state index in [0.717, 1.165) is 19.4 Å². The lowest BCUT2D eigenvalue weighted by Crippen LogP contribution is -2.59. The van der Waals surface area contributed by atoms with Crippen molar-refractivity contribution >= 4 is 17.8 Å². The third-order valence-electron chi connectivity index (χ3n) is 4.98. The molecule has 7 nitrogen and oxygen atoms in total. The molecule has 3 N–H and O–H groups in total. The fraction of sp³-hybridized carbons (Fsp3) is 0.786. The van der Waals surface area contributed by atoms with Gasteiger partial charge < -0.3 is 15.5 Å². The number of urea groups is 1. The van der Waals surface area contributed by atoms with E-state index in [4.69, 9.17) is 0 Å². The summed E-state index contributed by atoms with van der Waals surface area (Å²) in [6, 6.07) is -0.540. The van der Waals surface area contributed by atoms with Crippen molar-refractivity contribution in [1.29, 1.82) is 0 Å². The summed E-state index contributed by atoms with van der Waals surface area (Å²) in [5.41, 5.74) is -0.806. The van der Waals surface area contributed by atoms with Gasteiger partial charge in [0.1, 0.15) is 5.54 Å². The molecule has 3 rings (SSSR count). The van der Waals surface area contributed by atoms with E-state index in [1.807, 2.05) is 4.90 Å². The summed E-state index contributed by atoms with van der Waals surface area (Å²) in [6.07, 6.45) is 3.15. The smallest absolute Gasteiger partial charge is 0.322 e. The lowest BCUT2D eigenvalue weighted by molar-refractivity contribution is -0.139. The normalized spacial score (nSPS) is 32.0. The van der Waals surface area contributed by atoms with E-state index in [1.165, 1.54) is 0 Å². The van der Waals surface area contributed by atoms with Gasteiger partial charge in [-0.05, 0) is 38.1 Å². The van der Waals surface area contributed by atoms with Gasteiger partial charge in [0.15, 0.2) is 0 Å². The monoisotopic (exact) mass is 294 g/mol. The Morgan fingerprint density at radius 1 is 1.29 bits per heavy atom. The average molecular weight is 294 g/mol. The van der Waals surface area contributed by atoms with Crippen LogP contribution in [0.5, 0.6) is 0 Å². The number of hydrogen-bond donors (Lipinski definition) is 3. The molecule has 0 saturated carbocycles. The van der Waals surface area contributed by atoms with Crippen molar-refractivity contribution in [1.82, 2.24) is 20.9 Å². The van der Waals surface area contributed by atoms with E-state index < -0.39 is 11.6 Å². The lowest BCUT2D eigenvalue weighted by Gasteiger charge is -2.40. The van der Waals surface area contributed by atoms with Crippen molar-refractivity contribution in [3.8, 4) is 0 Å².